The zero-order valence-corrected chi connectivity index (χ0v) is 18.8. The number of urea groups is 1. The van der Waals surface area contributed by atoms with Gasteiger partial charge in [-0.1, -0.05) is 44.6 Å². The summed E-state index contributed by atoms with van der Waals surface area (Å²) < 4.78 is 10.9. The van der Waals surface area contributed by atoms with Gasteiger partial charge in [0.05, 0.1) is 26.1 Å². The van der Waals surface area contributed by atoms with Crippen LogP contribution in [0.1, 0.15) is 39.2 Å². The second-order valence-electron chi connectivity index (χ2n) is 8.29. The number of nitrogens with one attached hydrogen (secondary N) is 1. The number of carbonyl (C=O) groups is 1. The Hall–Kier alpha value is -3.09. The number of benzene rings is 1. The van der Waals surface area contributed by atoms with E-state index in [1.165, 1.54) is 25.1 Å². The molecule has 0 saturated carbocycles. The Morgan fingerprint density at radius 1 is 1.32 bits per heavy atom. The summed E-state index contributed by atoms with van der Waals surface area (Å²) in [6.07, 6.45) is 7.08. The summed E-state index contributed by atoms with van der Waals surface area (Å²) >= 11 is 0. The molecule has 166 valence electrons. The van der Waals surface area contributed by atoms with E-state index in [-0.39, 0.29) is 11.9 Å². The molecule has 1 aromatic carbocycles. The number of aromatic nitrogens is 2. The van der Waals surface area contributed by atoms with Crippen molar-refractivity contribution in [1.82, 2.24) is 14.9 Å². The topological polar surface area (TPSA) is 76.6 Å². The van der Waals surface area contributed by atoms with Gasteiger partial charge in [-0.15, -0.1) is 0 Å². The van der Waals surface area contributed by atoms with Crippen LogP contribution in [-0.4, -0.2) is 47.7 Å². The minimum atomic E-state index is -0.161. The van der Waals surface area contributed by atoms with Crippen LogP contribution in [0.25, 0.3) is 6.08 Å². The van der Waals surface area contributed by atoms with Crippen molar-refractivity contribution in [3.8, 4) is 11.6 Å². The fourth-order valence-corrected chi connectivity index (χ4v) is 3.44. The first kappa shape index (κ1) is 22.6. The maximum absolute atomic E-state index is 12.6. The van der Waals surface area contributed by atoms with Gasteiger partial charge in [0.25, 0.3) is 0 Å². The van der Waals surface area contributed by atoms with E-state index < -0.39 is 0 Å². The fraction of sp³-hybridized carbons (Fsp3) is 0.458. The summed E-state index contributed by atoms with van der Waals surface area (Å²) in [6.45, 7) is 8.60. The first-order valence-electron chi connectivity index (χ1n) is 10.8. The molecule has 7 heteroatoms. The number of nitrogens with zero attached hydrogens (tertiary/aromatic N) is 3. The third-order valence-electron chi connectivity index (χ3n) is 5.33. The zero-order chi connectivity index (χ0) is 22.2. The third-order valence-corrected chi connectivity index (χ3v) is 5.33. The van der Waals surface area contributed by atoms with Gasteiger partial charge in [0.1, 0.15) is 5.75 Å². The van der Waals surface area contributed by atoms with Gasteiger partial charge in [0.2, 0.25) is 5.88 Å². The summed E-state index contributed by atoms with van der Waals surface area (Å²) in [5.74, 6) is 2.63. The lowest BCUT2D eigenvalue weighted by Gasteiger charge is -2.33. The molecule has 2 heterocycles. The first-order chi connectivity index (χ1) is 14.9. The Morgan fingerprint density at radius 3 is 2.84 bits per heavy atom. The molecular weight excluding hydrogens is 392 g/mol. The van der Waals surface area contributed by atoms with Crippen LogP contribution < -0.4 is 14.8 Å². The van der Waals surface area contributed by atoms with Crippen LogP contribution in [0.15, 0.2) is 42.2 Å². The molecule has 2 amide bonds. The molecule has 1 aliphatic rings. The van der Waals surface area contributed by atoms with E-state index in [1.807, 2.05) is 17.0 Å². The van der Waals surface area contributed by atoms with Gasteiger partial charge in [0, 0.05) is 13.1 Å². The van der Waals surface area contributed by atoms with E-state index in [0.717, 1.165) is 30.8 Å². The highest BCUT2D eigenvalue weighted by molar-refractivity contribution is 5.88. The van der Waals surface area contributed by atoms with E-state index in [4.69, 9.17) is 9.47 Å². The van der Waals surface area contributed by atoms with Crippen LogP contribution in [0.3, 0.4) is 0 Å². The number of ether oxygens (including phenoxy) is 2. The standard InChI is InChI=1S/C24H32N4O3/c1-17(2)9-11-31-21-7-5-6-19(13-21)12-20-8-10-28(16-18(20)3)24(29)27-22-14-26-23(30-4)15-25-22/h5-7,12-15,17-18H,8-11,16H2,1-4H3,(H,25,27,29)/b20-12+. The minimum absolute atomic E-state index is 0.161. The molecule has 1 fully saturated rings. The summed E-state index contributed by atoms with van der Waals surface area (Å²) in [6, 6.07) is 8.05. The molecule has 0 aliphatic carbocycles. The van der Waals surface area contributed by atoms with E-state index in [1.54, 1.807) is 0 Å². The number of amides is 2. The average Bonchev–Trinajstić information content (AvgIpc) is 2.75. The van der Waals surface area contributed by atoms with Crippen molar-refractivity contribution in [1.29, 1.82) is 0 Å². The van der Waals surface area contributed by atoms with Gasteiger partial charge in [-0.05, 0) is 42.4 Å². The monoisotopic (exact) mass is 424 g/mol. The molecule has 0 spiro atoms. The highest BCUT2D eigenvalue weighted by Gasteiger charge is 2.24. The number of hydrogen-bond donors (Lipinski definition) is 1. The summed E-state index contributed by atoms with van der Waals surface area (Å²) in [5, 5.41) is 2.80. The number of methoxy groups -OCH3 is 1. The maximum Gasteiger partial charge on any atom is 0.323 e. The lowest BCUT2D eigenvalue weighted by Crippen LogP contribution is -2.42. The number of likely N-dealkylation sites (tertiary alicyclic amines) is 1. The maximum atomic E-state index is 12.6. The van der Waals surface area contributed by atoms with Crippen LogP contribution in [-0.2, 0) is 0 Å². The molecule has 1 aliphatic heterocycles. The van der Waals surface area contributed by atoms with Gasteiger partial charge in [-0.25, -0.2) is 14.8 Å². The molecule has 1 aromatic heterocycles. The number of hydrogen-bond acceptors (Lipinski definition) is 5. The van der Waals surface area contributed by atoms with Crippen LogP contribution >= 0.6 is 0 Å². The van der Waals surface area contributed by atoms with Crippen molar-refractivity contribution in [3.63, 3.8) is 0 Å². The Morgan fingerprint density at radius 2 is 2.16 bits per heavy atom. The number of piperidine rings is 1. The number of rotatable bonds is 7. The smallest absolute Gasteiger partial charge is 0.323 e. The Kier molecular flexibility index (Phi) is 7.87. The molecule has 1 N–H and O–H groups in total. The summed E-state index contributed by atoms with van der Waals surface area (Å²) in [5.41, 5.74) is 2.47. The SMILES string of the molecule is COc1cnc(NC(=O)N2CC/C(=C\c3cccc(OCCC(C)C)c3)C(C)C2)cn1. The van der Waals surface area contributed by atoms with E-state index in [9.17, 15) is 4.79 Å². The van der Waals surface area contributed by atoms with Crippen molar-refractivity contribution in [2.24, 2.45) is 11.8 Å². The van der Waals surface area contributed by atoms with Crippen molar-refractivity contribution < 1.29 is 14.3 Å². The molecule has 0 radical (unpaired) electrons. The van der Waals surface area contributed by atoms with Crippen LogP contribution in [0, 0.1) is 11.8 Å². The highest BCUT2D eigenvalue weighted by atomic mass is 16.5. The van der Waals surface area contributed by atoms with Crippen molar-refractivity contribution in [3.05, 3.63) is 47.8 Å². The second kappa shape index (κ2) is 10.8. The van der Waals surface area contributed by atoms with Gasteiger partial charge in [-0.2, -0.15) is 0 Å². The zero-order valence-electron chi connectivity index (χ0n) is 18.8. The van der Waals surface area contributed by atoms with Crippen LogP contribution in [0.5, 0.6) is 11.6 Å². The molecule has 1 atom stereocenters. The fourth-order valence-electron chi connectivity index (χ4n) is 3.44. The van der Waals surface area contributed by atoms with Crippen molar-refractivity contribution in [2.75, 3.05) is 32.1 Å². The molecular formula is C24H32N4O3. The quantitative estimate of drug-likeness (QED) is 0.686. The molecule has 1 unspecified atom stereocenters. The largest absolute Gasteiger partial charge is 0.494 e. The minimum Gasteiger partial charge on any atom is -0.494 e. The van der Waals surface area contributed by atoms with Gasteiger partial charge in [0.15, 0.2) is 5.82 Å². The normalized spacial score (nSPS) is 17.6. The summed E-state index contributed by atoms with van der Waals surface area (Å²) in [7, 11) is 1.53. The van der Waals surface area contributed by atoms with Crippen molar-refractivity contribution in [2.45, 2.75) is 33.6 Å². The van der Waals surface area contributed by atoms with Gasteiger partial charge >= 0.3 is 6.03 Å². The summed E-state index contributed by atoms with van der Waals surface area (Å²) in [4.78, 5) is 22.6. The molecule has 2 aromatic rings. The highest BCUT2D eigenvalue weighted by Crippen LogP contribution is 2.26. The first-order valence-corrected chi connectivity index (χ1v) is 10.8. The lowest BCUT2D eigenvalue weighted by atomic mass is 9.91. The van der Waals surface area contributed by atoms with Gasteiger partial charge < -0.3 is 14.4 Å². The predicted octanol–water partition coefficient (Wildman–Crippen LogP) is 4.87. The van der Waals surface area contributed by atoms with Crippen LogP contribution in [0.4, 0.5) is 10.6 Å². The molecule has 31 heavy (non-hydrogen) atoms. The average molecular weight is 425 g/mol. The van der Waals surface area contributed by atoms with Gasteiger partial charge in [-0.3, -0.25) is 5.32 Å². The lowest BCUT2D eigenvalue weighted by molar-refractivity contribution is 0.197. The Balaban J connectivity index is 1.56. The van der Waals surface area contributed by atoms with Crippen LogP contribution in [0.2, 0.25) is 0 Å². The predicted molar refractivity (Wildman–Crippen MR) is 122 cm³/mol. The van der Waals surface area contributed by atoms with E-state index in [0.29, 0.717) is 30.7 Å². The second-order valence-corrected chi connectivity index (χ2v) is 8.29. The van der Waals surface area contributed by atoms with E-state index in [2.05, 4.69) is 54.3 Å². The van der Waals surface area contributed by atoms with Crippen molar-refractivity contribution >= 4 is 17.9 Å². The Labute approximate surface area is 184 Å². The Bertz CT molecular complexity index is 896. The molecule has 1 saturated heterocycles. The number of anilines is 1. The molecule has 0 bridgehead atoms. The molecule has 3 rings (SSSR count). The van der Waals surface area contributed by atoms with E-state index >= 15 is 0 Å². The number of carbonyl (C=O) groups excluding carboxylic acids is 1. The third kappa shape index (κ3) is 6.70. The molecule has 7 nitrogen and oxygen atoms in total.